The highest BCUT2D eigenvalue weighted by molar-refractivity contribution is 6.37. The first-order chi connectivity index (χ1) is 17.9. The number of nitro groups is 1. The quantitative estimate of drug-likeness (QED) is 0.254. The van der Waals surface area contributed by atoms with E-state index < -0.39 is 4.92 Å². The van der Waals surface area contributed by atoms with E-state index in [0.29, 0.717) is 22.5 Å². The van der Waals surface area contributed by atoms with Crippen LogP contribution in [-0.4, -0.2) is 34.7 Å². The Morgan fingerprint density at radius 2 is 1.76 bits per heavy atom. The van der Waals surface area contributed by atoms with Gasteiger partial charge >= 0.3 is 0 Å². The number of fused-ring (bicyclic) bond motifs is 1. The molecular formula is C28H27N5O4. The van der Waals surface area contributed by atoms with E-state index in [9.17, 15) is 19.7 Å². The van der Waals surface area contributed by atoms with Crippen LogP contribution in [0.5, 0.6) is 0 Å². The van der Waals surface area contributed by atoms with Crippen molar-refractivity contribution in [1.82, 2.24) is 4.90 Å². The molecule has 4 N–H and O–H groups in total. The van der Waals surface area contributed by atoms with Gasteiger partial charge in [-0.15, -0.1) is 0 Å². The Bertz CT molecular complexity index is 1380. The highest BCUT2D eigenvalue weighted by Crippen LogP contribution is 2.39. The summed E-state index contributed by atoms with van der Waals surface area (Å²) in [5.41, 5.74) is 10.0. The van der Waals surface area contributed by atoms with Crippen LogP contribution in [0.15, 0.2) is 72.8 Å². The second kappa shape index (κ2) is 10.2. The summed E-state index contributed by atoms with van der Waals surface area (Å²) < 4.78 is 0. The number of non-ortho nitro benzene ring substituents is 1. The van der Waals surface area contributed by atoms with Gasteiger partial charge in [0, 0.05) is 41.5 Å². The van der Waals surface area contributed by atoms with E-state index in [1.807, 2.05) is 54.6 Å². The number of anilines is 2. The number of likely N-dealkylation sites (tertiary alicyclic amines) is 1. The highest BCUT2D eigenvalue weighted by Gasteiger charge is 2.30. The van der Waals surface area contributed by atoms with Gasteiger partial charge in [0.1, 0.15) is 0 Å². The van der Waals surface area contributed by atoms with Gasteiger partial charge in [0.2, 0.25) is 5.91 Å². The molecule has 9 nitrogen and oxygen atoms in total. The Hall–Kier alpha value is -4.50. The Labute approximate surface area is 214 Å². The number of nitrogens with zero attached hydrogens (tertiary/aromatic N) is 2. The Morgan fingerprint density at radius 3 is 2.41 bits per heavy atom. The number of carbonyl (C=O) groups is 2. The molecule has 2 amide bonds. The van der Waals surface area contributed by atoms with Crippen LogP contribution in [0.2, 0.25) is 0 Å². The molecule has 0 aliphatic carbocycles. The summed E-state index contributed by atoms with van der Waals surface area (Å²) in [6.07, 6.45) is 1.56. The van der Waals surface area contributed by atoms with Gasteiger partial charge in [0.25, 0.3) is 11.6 Å². The van der Waals surface area contributed by atoms with E-state index in [0.717, 1.165) is 49.3 Å². The van der Waals surface area contributed by atoms with Gasteiger partial charge < -0.3 is 16.4 Å². The lowest BCUT2D eigenvalue weighted by molar-refractivity contribution is -0.384. The monoisotopic (exact) mass is 497 g/mol. The molecule has 0 unspecified atom stereocenters. The summed E-state index contributed by atoms with van der Waals surface area (Å²) in [4.78, 5) is 37.7. The number of benzene rings is 3. The number of hydrogen-bond acceptors (Lipinski definition) is 6. The first-order valence-electron chi connectivity index (χ1n) is 12.2. The van der Waals surface area contributed by atoms with Crippen molar-refractivity contribution in [3.8, 4) is 0 Å². The molecule has 188 valence electrons. The lowest BCUT2D eigenvalue weighted by atomic mass is 9.96. The first kappa shape index (κ1) is 24.2. The second-order valence-corrected chi connectivity index (χ2v) is 9.33. The summed E-state index contributed by atoms with van der Waals surface area (Å²) in [7, 11) is 0. The second-order valence-electron chi connectivity index (χ2n) is 9.33. The fourth-order valence-electron chi connectivity index (χ4n) is 4.87. The van der Waals surface area contributed by atoms with Crippen molar-refractivity contribution in [3.05, 3.63) is 99.6 Å². The Morgan fingerprint density at radius 1 is 1.05 bits per heavy atom. The van der Waals surface area contributed by atoms with Crippen LogP contribution < -0.4 is 16.4 Å². The number of piperidine rings is 1. The molecule has 0 aromatic heterocycles. The molecule has 2 aliphatic rings. The zero-order chi connectivity index (χ0) is 25.9. The minimum absolute atomic E-state index is 0.0355. The van der Waals surface area contributed by atoms with Crippen LogP contribution in [-0.2, 0) is 16.1 Å². The summed E-state index contributed by atoms with van der Waals surface area (Å²) in [5, 5.41) is 17.6. The van der Waals surface area contributed by atoms with Crippen molar-refractivity contribution < 1.29 is 14.5 Å². The fourth-order valence-corrected chi connectivity index (χ4v) is 4.87. The van der Waals surface area contributed by atoms with E-state index in [1.54, 1.807) is 6.07 Å². The van der Waals surface area contributed by atoms with Gasteiger partial charge in [0.05, 0.1) is 16.2 Å². The average molecular weight is 498 g/mol. The van der Waals surface area contributed by atoms with Crippen molar-refractivity contribution in [3.63, 3.8) is 0 Å². The average Bonchev–Trinajstić information content (AvgIpc) is 3.23. The highest BCUT2D eigenvalue weighted by atomic mass is 16.6. The zero-order valence-corrected chi connectivity index (χ0v) is 20.1. The number of nitrogens with one attached hydrogen (secondary N) is 2. The third kappa shape index (κ3) is 5.22. The zero-order valence-electron chi connectivity index (χ0n) is 20.1. The maximum Gasteiger partial charge on any atom is 0.270 e. The van der Waals surface area contributed by atoms with Crippen molar-refractivity contribution >= 4 is 40.1 Å². The molecule has 0 spiro atoms. The third-order valence-electron chi connectivity index (χ3n) is 6.89. The third-order valence-corrected chi connectivity index (χ3v) is 6.89. The van der Waals surface area contributed by atoms with Gasteiger partial charge in [-0.2, -0.15) is 0 Å². The molecule has 1 saturated heterocycles. The van der Waals surface area contributed by atoms with E-state index in [1.165, 1.54) is 12.1 Å². The lowest BCUT2D eigenvalue weighted by Gasteiger charge is -2.30. The number of hydrogen-bond donors (Lipinski definition) is 3. The molecule has 2 aliphatic heterocycles. The predicted octanol–water partition coefficient (Wildman–Crippen LogP) is 4.22. The molecule has 3 aromatic rings. The normalized spacial score (nSPS) is 17.1. The largest absolute Gasteiger partial charge is 0.369 e. The molecule has 0 bridgehead atoms. The van der Waals surface area contributed by atoms with Crippen molar-refractivity contribution in [2.45, 2.75) is 19.4 Å². The topological polar surface area (TPSA) is 131 Å². The SMILES string of the molecule is NC(=O)C1CCN(Cc2ccc(N/C(=C3\C(=O)Nc4ccc([N+](=O)[O-])cc43)c3ccccc3)cc2)CC1. The fraction of sp³-hybridized carbons (Fsp3) is 0.214. The summed E-state index contributed by atoms with van der Waals surface area (Å²) in [6.45, 7) is 2.44. The number of rotatable bonds is 7. The van der Waals surface area contributed by atoms with Gasteiger partial charge in [-0.05, 0) is 55.3 Å². The summed E-state index contributed by atoms with van der Waals surface area (Å²) in [6, 6.07) is 21.8. The number of nitro benzene ring substituents is 1. The number of carbonyl (C=O) groups excluding carboxylic acids is 2. The maximum absolute atomic E-state index is 13.0. The van der Waals surface area contributed by atoms with Crippen LogP contribution in [0.3, 0.4) is 0 Å². The van der Waals surface area contributed by atoms with Crippen LogP contribution >= 0.6 is 0 Å². The molecule has 0 radical (unpaired) electrons. The summed E-state index contributed by atoms with van der Waals surface area (Å²) >= 11 is 0. The van der Waals surface area contributed by atoms with Gasteiger partial charge in [-0.3, -0.25) is 24.6 Å². The first-order valence-corrected chi connectivity index (χ1v) is 12.2. The lowest BCUT2D eigenvalue weighted by Crippen LogP contribution is -2.38. The van der Waals surface area contributed by atoms with Gasteiger partial charge in [0.15, 0.2) is 0 Å². The maximum atomic E-state index is 13.0. The minimum Gasteiger partial charge on any atom is -0.369 e. The molecule has 2 heterocycles. The van der Waals surface area contributed by atoms with Crippen LogP contribution in [0.25, 0.3) is 11.3 Å². The molecule has 5 rings (SSSR count). The smallest absolute Gasteiger partial charge is 0.270 e. The molecule has 1 fully saturated rings. The number of amides is 2. The molecular weight excluding hydrogens is 470 g/mol. The van der Waals surface area contributed by atoms with Crippen LogP contribution in [0.4, 0.5) is 17.1 Å². The standard InChI is InChI=1S/C28H27N5O4/c29-27(34)20-12-14-32(15-13-20)17-18-6-8-21(9-7-18)30-26(19-4-2-1-3-5-19)25-23-16-22(33(36)37)10-11-24(23)31-28(25)35/h1-11,16,20,30H,12-15,17H2,(H2,29,34)(H,31,35)/b26-25-. The van der Waals surface area contributed by atoms with E-state index >= 15 is 0 Å². The molecule has 37 heavy (non-hydrogen) atoms. The number of nitrogens with two attached hydrogens (primary N) is 1. The predicted molar refractivity (Wildman–Crippen MR) is 142 cm³/mol. The van der Waals surface area contributed by atoms with Gasteiger partial charge in [-0.25, -0.2) is 0 Å². The van der Waals surface area contributed by atoms with E-state index in [-0.39, 0.29) is 23.4 Å². The van der Waals surface area contributed by atoms with E-state index in [4.69, 9.17) is 5.73 Å². The molecule has 9 heteroatoms. The molecule has 3 aromatic carbocycles. The van der Waals surface area contributed by atoms with Gasteiger partial charge in [-0.1, -0.05) is 42.5 Å². The van der Waals surface area contributed by atoms with Crippen molar-refractivity contribution in [2.24, 2.45) is 11.7 Å². The number of primary amides is 1. The summed E-state index contributed by atoms with van der Waals surface area (Å²) in [5.74, 6) is -0.573. The minimum atomic E-state index is -0.467. The Balaban J connectivity index is 1.42. The van der Waals surface area contributed by atoms with Crippen molar-refractivity contribution in [1.29, 1.82) is 0 Å². The van der Waals surface area contributed by atoms with Crippen molar-refractivity contribution in [2.75, 3.05) is 23.7 Å². The van der Waals surface area contributed by atoms with Crippen LogP contribution in [0.1, 0.15) is 29.5 Å². The molecule has 0 saturated carbocycles. The van der Waals surface area contributed by atoms with E-state index in [2.05, 4.69) is 15.5 Å². The van der Waals surface area contributed by atoms with Crippen LogP contribution in [0, 0.1) is 16.0 Å². The molecule has 0 atom stereocenters. The Kier molecular flexibility index (Phi) is 6.70.